The fraction of sp³-hybridized carbons (Fsp3) is 0.100. The van der Waals surface area contributed by atoms with Crippen LogP contribution in [0.4, 0.5) is 0 Å². The second kappa shape index (κ2) is 3.74. The van der Waals surface area contributed by atoms with Crippen molar-refractivity contribution in [3.63, 3.8) is 0 Å². The average Bonchev–Trinajstić information content (AvgIpc) is 2.15. The fourth-order valence-corrected chi connectivity index (χ4v) is 1.06. The number of hydrogen-bond acceptors (Lipinski definition) is 2. The molecule has 0 saturated carbocycles. The summed E-state index contributed by atoms with van der Waals surface area (Å²) in [7, 11) is 0. The first-order valence-electron chi connectivity index (χ1n) is 3.70. The lowest BCUT2D eigenvalue weighted by Crippen LogP contribution is -2.18. The van der Waals surface area contributed by atoms with E-state index in [1.54, 1.807) is 23.7 Å². The van der Waals surface area contributed by atoms with Gasteiger partial charge in [0.25, 0.3) is 5.91 Å². The first kappa shape index (κ1) is 9.30. The predicted octanol–water partition coefficient (Wildman–Crippen LogP) is 1.10. The van der Waals surface area contributed by atoms with Gasteiger partial charge in [-0.2, -0.15) is 0 Å². The zero-order chi connectivity index (χ0) is 9.84. The van der Waals surface area contributed by atoms with Crippen LogP contribution < -0.4 is 5.48 Å². The smallest absolute Gasteiger partial charge is 0.274 e. The third-order valence-electron chi connectivity index (χ3n) is 1.61. The molecule has 0 aliphatic rings. The summed E-state index contributed by atoms with van der Waals surface area (Å²) in [6, 6.07) is 4.97. The minimum absolute atomic E-state index is 0.357. The molecule has 0 atom stereocenters. The molecule has 0 fully saturated rings. The predicted molar refractivity (Wildman–Crippen MR) is 48.4 cm³/mol. The molecule has 0 aromatic heterocycles. The molecule has 0 aliphatic heterocycles. The van der Waals surface area contributed by atoms with Gasteiger partial charge in [0.05, 0.1) is 0 Å². The van der Waals surface area contributed by atoms with Gasteiger partial charge in [-0.05, 0) is 30.7 Å². The molecule has 2 N–H and O–H groups in total. The van der Waals surface area contributed by atoms with E-state index in [9.17, 15) is 4.79 Å². The zero-order valence-electron chi connectivity index (χ0n) is 7.16. The summed E-state index contributed by atoms with van der Waals surface area (Å²) >= 11 is 0. The molecule has 0 bridgehead atoms. The van der Waals surface area contributed by atoms with Gasteiger partial charge in [0.2, 0.25) is 0 Å². The number of benzene rings is 1. The highest BCUT2D eigenvalue weighted by molar-refractivity contribution is 5.93. The first-order chi connectivity index (χ1) is 6.17. The van der Waals surface area contributed by atoms with E-state index < -0.39 is 5.91 Å². The molecule has 3 nitrogen and oxygen atoms in total. The third kappa shape index (κ3) is 2.08. The zero-order valence-corrected chi connectivity index (χ0v) is 7.16. The standard InChI is InChI=1S/C10H9NO2/c1-3-8-4-7(2)5-9(6-8)10(12)11-13/h1,4-6,13H,2H3,(H,11,12). The Bertz CT molecular complexity index is 377. The van der Waals surface area contributed by atoms with Crippen LogP contribution in [0.15, 0.2) is 18.2 Å². The number of rotatable bonds is 1. The molecule has 0 spiro atoms. The van der Waals surface area contributed by atoms with E-state index in [0.29, 0.717) is 11.1 Å². The number of hydroxylamine groups is 1. The molecular weight excluding hydrogens is 166 g/mol. The Balaban J connectivity index is 3.17. The summed E-state index contributed by atoms with van der Waals surface area (Å²) in [5.41, 5.74) is 3.42. The van der Waals surface area contributed by atoms with Crippen molar-refractivity contribution in [3.8, 4) is 12.3 Å². The number of carbonyl (C=O) groups excluding carboxylic acids is 1. The number of nitrogens with one attached hydrogen (secondary N) is 1. The molecule has 0 aliphatic carbocycles. The van der Waals surface area contributed by atoms with E-state index >= 15 is 0 Å². The van der Waals surface area contributed by atoms with E-state index in [2.05, 4.69) is 5.92 Å². The van der Waals surface area contributed by atoms with Crippen molar-refractivity contribution in [1.29, 1.82) is 0 Å². The SMILES string of the molecule is C#Cc1cc(C)cc(C(=O)NO)c1. The van der Waals surface area contributed by atoms with Crippen molar-refractivity contribution < 1.29 is 10.0 Å². The molecule has 0 heterocycles. The molecular formula is C10H9NO2. The number of aryl methyl sites for hydroxylation is 1. The van der Waals surface area contributed by atoms with Gasteiger partial charge in [-0.15, -0.1) is 6.42 Å². The Morgan fingerprint density at radius 3 is 2.77 bits per heavy atom. The van der Waals surface area contributed by atoms with Crippen molar-refractivity contribution in [1.82, 2.24) is 5.48 Å². The molecule has 1 rings (SSSR count). The van der Waals surface area contributed by atoms with E-state index in [-0.39, 0.29) is 0 Å². The molecule has 66 valence electrons. The van der Waals surface area contributed by atoms with Gasteiger partial charge in [-0.1, -0.05) is 5.92 Å². The van der Waals surface area contributed by atoms with Crippen LogP contribution in [0.5, 0.6) is 0 Å². The van der Waals surface area contributed by atoms with Gasteiger partial charge in [-0.3, -0.25) is 10.0 Å². The second-order valence-electron chi connectivity index (χ2n) is 2.67. The van der Waals surface area contributed by atoms with Crippen molar-refractivity contribution >= 4 is 5.91 Å². The lowest BCUT2D eigenvalue weighted by molar-refractivity contribution is 0.0706. The van der Waals surface area contributed by atoms with Crippen molar-refractivity contribution in [3.05, 3.63) is 34.9 Å². The number of carbonyl (C=O) groups is 1. The van der Waals surface area contributed by atoms with Crippen LogP contribution in [0.2, 0.25) is 0 Å². The quantitative estimate of drug-likeness (QED) is 0.381. The van der Waals surface area contributed by atoms with Crippen LogP contribution in [-0.4, -0.2) is 11.1 Å². The van der Waals surface area contributed by atoms with Crippen LogP contribution in [0.25, 0.3) is 0 Å². The maximum atomic E-state index is 11.0. The summed E-state index contributed by atoms with van der Waals surface area (Å²) in [5, 5.41) is 8.39. The Morgan fingerprint density at radius 1 is 1.54 bits per heavy atom. The van der Waals surface area contributed by atoms with Gasteiger partial charge >= 0.3 is 0 Å². The largest absolute Gasteiger partial charge is 0.288 e. The molecule has 0 saturated heterocycles. The van der Waals surface area contributed by atoms with Gasteiger partial charge in [0.15, 0.2) is 0 Å². The van der Waals surface area contributed by atoms with E-state index in [4.69, 9.17) is 11.6 Å². The van der Waals surface area contributed by atoms with Gasteiger partial charge in [0, 0.05) is 11.1 Å². The van der Waals surface area contributed by atoms with Crippen molar-refractivity contribution in [2.45, 2.75) is 6.92 Å². The molecule has 1 aromatic rings. The summed E-state index contributed by atoms with van der Waals surface area (Å²) < 4.78 is 0. The summed E-state index contributed by atoms with van der Waals surface area (Å²) in [4.78, 5) is 11.0. The molecule has 0 radical (unpaired) electrons. The average molecular weight is 175 g/mol. The van der Waals surface area contributed by atoms with E-state index in [1.807, 2.05) is 6.92 Å². The Hall–Kier alpha value is -1.79. The fourth-order valence-electron chi connectivity index (χ4n) is 1.06. The van der Waals surface area contributed by atoms with Gasteiger partial charge < -0.3 is 0 Å². The monoisotopic (exact) mass is 175 g/mol. The Kier molecular flexibility index (Phi) is 2.68. The molecule has 13 heavy (non-hydrogen) atoms. The lowest BCUT2D eigenvalue weighted by Gasteiger charge is -2.01. The lowest BCUT2D eigenvalue weighted by atomic mass is 10.1. The molecule has 1 amide bonds. The number of amides is 1. The highest BCUT2D eigenvalue weighted by atomic mass is 16.5. The highest BCUT2D eigenvalue weighted by Gasteiger charge is 2.04. The minimum Gasteiger partial charge on any atom is -0.288 e. The topological polar surface area (TPSA) is 49.3 Å². The van der Waals surface area contributed by atoms with Gasteiger partial charge in [-0.25, -0.2) is 5.48 Å². The summed E-state index contributed by atoms with van der Waals surface area (Å²) in [6.45, 7) is 1.83. The Labute approximate surface area is 76.4 Å². The van der Waals surface area contributed by atoms with Crippen LogP contribution >= 0.6 is 0 Å². The van der Waals surface area contributed by atoms with Crippen LogP contribution in [0, 0.1) is 19.3 Å². The maximum absolute atomic E-state index is 11.0. The number of terminal acetylenes is 1. The highest BCUT2D eigenvalue weighted by Crippen LogP contribution is 2.08. The molecule has 1 aromatic carbocycles. The summed E-state index contributed by atoms with van der Waals surface area (Å²) in [5.74, 6) is 1.87. The van der Waals surface area contributed by atoms with Crippen molar-refractivity contribution in [2.24, 2.45) is 0 Å². The Morgan fingerprint density at radius 2 is 2.23 bits per heavy atom. The number of hydrogen-bond donors (Lipinski definition) is 2. The molecule has 3 heteroatoms. The maximum Gasteiger partial charge on any atom is 0.274 e. The molecule has 0 unspecified atom stereocenters. The van der Waals surface area contributed by atoms with Crippen LogP contribution in [0.1, 0.15) is 21.5 Å². The first-order valence-corrected chi connectivity index (χ1v) is 3.70. The van der Waals surface area contributed by atoms with Crippen LogP contribution in [-0.2, 0) is 0 Å². The van der Waals surface area contributed by atoms with Crippen molar-refractivity contribution in [2.75, 3.05) is 0 Å². The van der Waals surface area contributed by atoms with E-state index in [1.165, 1.54) is 0 Å². The van der Waals surface area contributed by atoms with Crippen LogP contribution in [0.3, 0.4) is 0 Å². The second-order valence-corrected chi connectivity index (χ2v) is 2.67. The summed E-state index contributed by atoms with van der Waals surface area (Å²) in [6.07, 6.45) is 5.18. The minimum atomic E-state index is -0.555. The third-order valence-corrected chi connectivity index (χ3v) is 1.61. The van der Waals surface area contributed by atoms with Gasteiger partial charge in [0.1, 0.15) is 0 Å². The normalized spacial score (nSPS) is 9.00. The van der Waals surface area contributed by atoms with E-state index in [0.717, 1.165) is 5.56 Å².